The van der Waals surface area contributed by atoms with E-state index in [-0.39, 0.29) is 11.5 Å². The van der Waals surface area contributed by atoms with Crippen LogP contribution in [0.5, 0.6) is 0 Å². The standard InChI is InChI=1S/C13H12O2S/c1-16(15)9-13(14)12-8-4-6-10-5-2-3-7-11(10)12/h2-8H,9H2,1H3. The van der Waals surface area contributed by atoms with Crippen LogP contribution >= 0.6 is 0 Å². The molecule has 1 atom stereocenters. The molecule has 0 saturated heterocycles. The molecule has 0 aliphatic heterocycles. The van der Waals surface area contributed by atoms with Crippen molar-refractivity contribution in [1.29, 1.82) is 0 Å². The van der Waals surface area contributed by atoms with E-state index in [9.17, 15) is 9.00 Å². The number of hydrogen-bond acceptors (Lipinski definition) is 2. The molecule has 0 bridgehead atoms. The van der Waals surface area contributed by atoms with Gasteiger partial charge in [-0.15, -0.1) is 0 Å². The Kier molecular flexibility index (Phi) is 3.15. The minimum absolute atomic E-state index is 0.0577. The summed E-state index contributed by atoms with van der Waals surface area (Å²) in [5.74, 6) is 0.0335. The Morgan fingerprint density at radius 2 is 1.81 bits per heavy atom. The number of ketones is 1. The summed E-state index contributed by atoms with van der Waals surface area (Å²) in [6.07, 6.45) is 1.54. The van der Waals surface area contributed by atoms with E-state index in [0.29, 0.717) is 5.56 Å². The lowest BCUT2D eigenvalue weighted by molar-refractivity contribution is 0.102. The summed E-state index contributed by atoms with van der Waals surface area (Å²) in [4.78, 5) is 11.9. The second-order valence-corrected chi connectivity index (χ2v) is 5.10. The van der Waals surface area contributed by atoms with Crippen LogP contribution in [0, 0.1) is 0 Å². The van der Waals surface area contributed by atoms with E-state index < -0.39 is 10.8 Å². The van der Waals surface area contributed by atoms with Crippen molar-refractivity contribution in [2.24, 2.45) is 0 Å². The van der Waals surface area contributed by atoms with E-state index in [0.717, 1.165) is 10.8 Å². The lowest BCUT2D eigenvalue weighted by Crippen LogP contribution is -2.09. The average Bonchev–Trinajstić information content (AvgIpc) is 2.27. The second-order valence-electron chi connectivity index (χ2n) is 3.67. The largest absolute Gasteiger partial charge is 0.293 e. The van der Waals surface area contributed by atoms with E-state index in [2.05, 4.69) is 0 Å². The first kappa shape index (κ1) is 11.0. The van der Waals surface area contributed by atoms with Gasteiger partial charge in [0, 0.05) is 22.6 Å². The predicted octanol–water partition coefficient (Wildman–Crippen LogP) is 2.40. The number of fused-ring (bicyclic) bond motifs is 1. The van der Waals surface area contributed by atoms with E-state index in [4.69, 9.17) is 0 Å². The Balaban J connectivity index is 2.52. The molecule has 0 aliphatic carbocycles. The molecule has 16 heavy (non-hydrogen) atoms. The van der Waals surface area contributed by atoms with Gasteiger partial charge in [0.05, 0.1) is 5.75 Å². The van der Waals surface area contributed by atoms with E-state index >= 15 is 0 Å². The Hall–Kier alpha value is -1.48. The zero-order valence-corrected chi connectivity index (χ0v) is 9.79. The van der Waals surface area contributed by atoms with Crippen LogP contribution in [0.15, 0.2) is 42.5 Å². The molecule has 0 aliphatic rings. The highest BCUT2D eigenvalue weighted by Crippen LogP contribution is 2.18. The summed E-state index contributed by atoms with van der Waals surface area (Å²) in [6, 6.07) is 13.3. The Morgan fingerprint density at radius 3 is 2.56 bits per heavy atom. The second kappa shape index (κ2) is 4.58. The molecule has 2 nitrogen and oxygen atoms in total. The molecule has 0 N–H and O–H groups in total. The molecule has 0 heterocycles. The first-order valence-corrected chi connectivity index (χ1v) is 6.72. The summed E-state index contributed by atoms with van der Waals surface area (Å²) in [7, 11) is -1.09. The van der Waals surface area contributed by atoms with Crippen molar-refractivity contribution in [3.05, 3.63) is 48.0 Å². The van der Waals surface area contributed by atoms with Crippen molar-refractivity contribution >= 4 is 27.4 Å². The van der Waals surface area contributed by atoms with Crippen molar-refractivity contribution in [2.75, 3.05) is 12.0 Å². The zero-order valence-electron chi connectivity index (χ0n) is 8.97. The van der Waals surface area contributed by atoms with Gasteiger partial charge >= 0.3 is 0 Å². The van der Waals surface area contributed by atoms with Crippen LogP contribution in [0.25, 0.3) is 10.8 Å². The van der Waals surface area contributed by atoms with Crippen molar-refractivity contribution in [2.45, 2.75) is 0 Å². The van der Waals surface area contributed by atoms with Crippen LogP contribution in [0.1, 0.15) is 10.4 Å². The van der Waals surface area contributed by atoms with E-state index in [1.807, 2.05) is 36.4 Å². The first-order chi connectivity index (χ1) is 7.68. The molecule has 1 unspecified atom stereocenters. The third kappa shape index (κ3) is 2.19. The van der Waals surface area contributed by atoms with Gasteiger partial charge in [-0.3, -0.25) is 9.00 Å². The van der Waals surface area contributed by atoms with Gasteiger partial charge in [-0.05, 0) is 10.8 Å². The van der Waals surface area contributed by atoms with Gasteiger partial charge in [0.25, 0.3) is 0 Å². The SMILES string of the molecule is CS(=O)CC(=O)c1cccc2ccccc12. The summed E-state index contributed by atoms with van der Waals surface area (Å²) < 4.78 is 11.1. The van der Waals surface area contributed by atoms with Gasteiger partial charge in [-0.2, -0.15) is 0 Å². The summed E-state index contributed by atoms with van der Waals surface area (Å²) >= 11 is 0. The third-order valence-corrected chi connectivity index (χ3v) is 3.09. The number of rotatable bonds is 3. The van der Waals surface area contributed by atoms with Gasteiger partial charge in [0.15, 0.2) is 5.78 Å². The maximum atomic E-state index is 11.9. The van der Waals surface area contributed by atoms with Gasteiger partial charge in [0.2, 0.25) is 0 Å². The smallest absolute Gasteiger partial charge is 0.175 e. The summed E-state index contributed by atoms with van der Waals surface area (Å²) in [5, 5.41) is 1.97. The van der Waals surface area contributed by atoms with Crippen LogP contribution in [0.2, 0.25) is 0 Å². The molecule has 0 aromatic heterocycles. The first-order valence-electron chi connectivity index (χ1n) is 4.99. The Labute approximate surface area is 96.7 Å². The highest BCUT2D eigenvalue weighted by Gasteiger charge is 2.10. The number of carbonyl (C=O) groups excluding carboxylic acids is 1. The highest BCUT2D eigenvalue weighted by molar-refractivity contribution is 7.85. The molecule has 2 aromatic rings. The minimum Gasteiger partial charge on any atom is -0.293 e. The third-order valence-electron chi connectivity index (χ3n) is 2.42. The van der Waals surface area contributed by atoms with E-state index in [1.54, 1.807) is 12.3 Å². The Bertz CT molecular complexity index is 555. The maximum absolute atomic E-state index is 11.9. The number of hydrogen-bond donors (Lipinski definition) is 0. The highest BCUT2D eigenvalue weighted by atomic mass is 32.2. The van der Waals surface area contributed by atoms with Crippen molar-refractivity contribution in [1.82, 2.24) is 0 Å². The van der Waals surface area contributed by atoms with E-state index in [1.165, 1.54) is 0 Å². The lowest BCUT2D eigenvalue weighted by Gasteiger charge is -2.04. The molecule has 0 saturated carbocycles. The molecule has 0 spiro atoms. The molecular weight excluding hydrogens is 220 g/mol. The fourth-order valence-electron chi connectivity index (χ4n) is 1.73. The number of benzene rings is 2. The van der Waals surface area contributed by atoms with Gasteiger partial charge in [0.1, 0.15) is 0 Å². The fourth-order valence-corrected chi connectivity index (χ4v) is 2.26. The number of carbonyl (C=O) groups is 1. The molecule has 0 radical (unpaired) electrons. The Morgan fingerprint density at radius 1 is 1.12 bits per heavy atom. The monoisotopic (exact) mass is 232 g/mol. The molecule has 0 fully saturated rings. The minimum atomic E-state index is -1.09. The van der Waals surface area contributed by atoms with Crippen LogP contribution in [-0.2, 0) is 10.8 Å². The van der Waals surface area contributed by atoms with Gasteiger partial charge < -0.3 is 0 Å². The van der Waals surface area contributed by atoms with Gasteiger partial charge in [-0.1, -0.05) is 42.5 Å². The summed E-state index contributed by atoms with van der Waals surface area (Å²) in [5.41, 5.74) is 0.660. The molecule has 2 rings (SSSR count). The molecule has 82 valence electrons. The maximum Gasteiger partial charge on any atom is 0.175 e. The number of Topliss-reactive ketones (excluding diaryl/α,β-unsaturated/α-hetero) is 1. The van der Waals surface area contributed by atoms with Crippen LogP contribution in [0.3, 0.4) is 0 Å². The molecule has 0 amide bonds. The zero-order chi connectivity index (χ0) is 11.5. The van der Waals surface area contributed by atoms with Crippen molar-refractivity contribution in [3.8, 4) is 0 Å². The quantitative estimate of drug-likeness (QED) is 0.761. The normalized spacial score (nSPS) is 12.6. The van der Waals surface area contributed by atoms with Crippen LogP contribution in [-0.4, -0.2) is 22.0 Å². The average molecular weight is 232 g/mol. The van der Waals surface area contributed by atoms with Gasteiger partial charge in [-0.25, -0.2) is 0 Å². The van der Waals surface area contributed by atoms with Crippen molar-refractivity contribution < 1.29 is 9.00 Å². The lowest BCUT2D eigenvalue weighted by atomic mass is 10.0. The van der Waals surface area contributed by atoms with Crippen LogP contribution < -0.4 is 0 Å². The fraction of sp³-hybridized carbons (Fsp3) is 0.154. The molecule has 3 heteroatoms. The molecule has 2 aromatic carbocycles. The predicted molar refractivity (Wildman–Crippen MR) is 67.2 cm³/mol. The van der Waals surface area contributed by atoms with Crippen molar-refractivity contribution in [3.63, 3.8) is 0 Å². The molecular formula is C13H12O2S. The summed E-state index contributed by atoms with van der Waals surface area (Å²) in [6.45, 7) is 0. The van der Waals surface area contributed by atoms with Crippen LogP contribution in [0.4, 0.5) is 0 Å². The topological polar surface area (TPSA) is 34.1 Å².